The number of aryl methyl sites for hydroxylation is 2. The van der Waals surface area contributed by atoms with Gasteiger partial charge in [0.25, 0.3) is 5.91 Å². The minimum atomic E-state index is -0.447. The van der Waals surface area contributed by atoms with Crippen molar-refractivity contribution in [3.05, 3.63) is 58.3 Å². The number of esters is 1. The van der Waals surface area contributed by atoms with Crippen molar-refractivity contribution in [3.8, 4) is 5.75 Å². The Morgan fingerprint density at radius 3 is 2.55 bits per heavy atom. The molecule has 174 valence electrons. The Balaban J connectivity index is 1.88. The highest BCUT2D eigenvalue weighted by Crippen LogP contribution is 2.34. The Morgan fingerprint density at radius 2 is 1.88 bits per heavy atom. The van der Waals surface area contributed by atoms with Gasteiger partial charge in [-0.25, -0.2) is 0 Å². The zero-order valence-corrected chi connectivity index (χ0v) is 19.7. The molecule has 0 fully saturated rings. The molecule has 0 atom stereocenters. The number of anilines is 3. The molecule has 1 aliphatic rings. The first-order valence-corrected chi connectivity index (χ1v) is 10.8. The molecule has 2 aromatic carbocycles. The van der Waals surface area contributed by atoms with E-state index in [0.717, 1.165) is 11.1 Å². The van der Waals surface area contributed by atoms with Crippen LogP contribution in [-0.2, 0) is 19.1 Å². The van der Waals surface area contributed by atoms with Crippen LogP contribution in [0.3, 0.4) is 0 Å². The van der Waals surface area contributed by atoms with Gasteiger partial charge in [-0.05, 0) is 62.2 Å². The van der Waals surface area contributed by atoms with E-state index in [4.69, 9.17) is 21.1 Å². The lowest BCUT2D eigenvalue weighted by atomic mass is 10.1. The van der Waals surface area contributed by atoms with Gasteiger partial charge in [0.15, 0.2) is 0 Å². The lowest BCUT2D eigenvalue weighted by Gasteiger charge is -2.23. The number of methoxy groups -OCH3 is 1. The smallest absolute Gasteiger partial charge is 0.311 e. The fourth-order valence-electron chi connectivity index (χ4n) is 3.39. The first kappa shape index (κ1) is 24.1. The second kappa shape index (κ2) is 10.4. The normalized spacial score (nSPS) is 12.8. The minimum absolute atomic E-state index is 0.0870. The number of hydrogen-bond acceptors (Lipinski definition) is 6. The quantitative estimate of drug-likeness (QED) is 0.587. The summed E-state index contributed by atoms with van der Waals surface area (Å²) < 4.78 is 10.1. The lowest BCUT2D eigenvalue weighted by molar-refractivity contribution is -0.142. The Labute approximate surface area is 197 Å². The maximum atomic E-state index is 13.1. The van der Waals surface area contributed by atoms with Gasteiger partial charge in [0.2, 0.25) is 5.91 Å². The highest BCUT2D eigenvalue weighted by molar-refractivity contribution is 6.32. The van der Waals surface area contributed by atoms with Gasteiger partial charge in [0.1, 0.15) is 12.3 Å². The van der Waals surface area contributed by atoms with Gasteiger partial charge in [-0.1, -0.05) is 11.6 Å². The van der Waals surface area contributed by atoms with Crippen LogP contribution < -0.4 is 20.3 Å². The van der Waals surface area contributed by atoms with Crippen LogP contribution in [0, 0.1) is 13.8 Å². The molecule has 0 radical (unpaired) electrons. The third-order valence-electron chi connectivity index (χ3n) is 5.14. The summed E-state index contributed by atoms with van der Waals surface area (Å²) in [5.74, 6) is -0.790. The van der Waals surface area contributed by atoms with E-state index in [9.17, 15) is 14.4 Å². The van der Waals surface area contributed by atoms with Gasteiger partial charge in [-0.15, -0.1) is 0 Å². The molecule has 9 heteroatoms. The van der Waals surface area contributed by atoms with E-state index in [2.05, 4.69) is 10.6 Å². The van der Waals surface area contributed by atoms with Crippen molar-refractivity contribution in [1.29, 1.82) is 0 Å². The van der Waals surface area contributed by atoms with Crippen LogP contribution in [0.25, 0.3) is 0 Å². The molecule has 33 heavy (non-hydrogen) atoms. The van der Waals surface area contributed by atoms with E-state index >= 15 is 0 Å². The number of amides is 2. The fraction of sp³-hybridized carbons (Fsp3) is 0.292. The second-order valence-corrected chi connectivity index (χ2v) is 7.96. The van der Waals surface area contributed by atoms with E-state index in [1.807, 2.05) is 26.0 Å². The van der Waals surface area contributed by atoms with Crippen LogP contribution in [0.4, 0.5) is 17.1 Å². The van der Waals surface area contributed by atoms with E-state index in [1.54, 1.807) is 25.1 Å². The zero-order chi connectivity index (χ0) is 24.1. The fourth-order valence-corrected chi connectivity index (χ4v) is 3.65. The van der Waals surface area contributed by atoms with Crippen LogP contribution in [0.5, 0.6) is 5.75 Å². The SMILES string of the molecule is CCOC(=O)CC1=CC(=O)N(CC(=O)Nc2ccc(OC)c(Cl)c2)c2cc(C)c(C)cc2N1. The van der Waals surface area contributed by atoms with Crippen molar-refractivity contribution in [2.45, 2.75) is 27.2 Å². The molecule has 1 aliphatic heterocycles. The average Bonchev–Trinajstić information content (AvgIpc) is 2.85. The predicted octanol–water partition coefficient (Wildman–Crippen LogP) is 4.20. The third kappa shape index (κ3) is 5.84. The third-order valence-corrected chi connectivity index (χ3v) is 5.43. The van der Waals surface area contributed by atoms with Crippen molar-refractivity contribution < 1.29 is 23.9 Å². The van der Waals surface area contributed by atoms with Crippen molar-refractivity contribution >= 4 is 46.4 Å². The molecule has 2 aromatic rings. The van der Waals surface area contributed by atoms with E-state index in [1.165, 1.54) is 18.1 Å². The van der Waals surface area contributed by atoms with Gasteiger partial charge in [-0.3, -0.25) is 19.3 Å². The van der Waals surface area contributed by atoms with Crippen LogP contribution in [-0.4, -0.2) is 38.0 Å². The van der Waals surface area contributed by atoms with Crippen LogP contribution in [0.15, 0.2) is 42.1 Å². The van der Waals surface area contributed by atoms with Crippen LogP contribution >= 0.6 is 11.6 Å². The highest BCUT2D eigenvalue weighted by Gasteiger charge is 2.26. The number of halogens is 1. The zero-order valence-electron chi connectivity index (χ0n) is 19.0. The summed E-state index contributed by atoms with van der Waals surface area (Å²) in [6.07, 6.45) is 1.23. The average molecular weight is 472 g/mol. The number of hydrogen-bond donors (Lipinski definition) is 2. The molecule has 0 aliphatic carbocycles. The molecule has 0 bridgehead atoms. The van der Waals surface area contributed by atoms with Gasteiger partial charge in [0.05, 0.1) is 36.5 Å². The second-order valence-electron chi connectivity index (χ2n) is 7.55. The van der Waals surface area contributed by atoms with Crippen molar-refractivity contribution in [2.75, 3.05) is 35.8 Å². The molecular weight excluding hydrogens is 446 g/mol. The molecule has 0 spiro atoms. The van der Waals surface area contributed by atoms with Gasteiger partial charge in [-0.2, -0.15) is 0 Å². The summed E-state index contributed by atoms with van der Waals surface area (Å²) in [5.41, 5.74) is 4.01. The summed E-state index contributed by atoms with van der Waals surface area (Å²) in [5, 5.41) is 6.26. The molecule has 0 unspecified atom stereocenters. The monoisotopic (exact) mass is 471 g/mol. The summed E-state index contributed by atoms with van der Waals surface area (Å²) in [6.45, 7) is 5.61. The molecule has 0 aromatic heterocycles. The molecular formula is C24H26ClN3O5. The molecule has 0 saturated heterocycles. The number of carbonyl (C=O) groups is 3. The first-order valence-electron chi connectivity index (χ1n) is 10.4. The summed E-state index contributed by atoms with van der Waals surface area (Å²) in [6, 6.07) is 8.60. The van der Waals surface area contributed by atoms with E-state index < -0.39 is 17.8 Å². The number of nitrogens with zero attached hydrogens (tertiary/aromatic N) is 1. The van der Waals surface area contributed by atoms with Crippen molar-refractivity contribution in [1.82, 2.24) is 0 Å². The highest BCUT2D eigenvalue weighted by atomic mass is 35.5. The van der Waals surface area contributed by atoms with E-state index in [0.29, 0.717) is 33.5 Å². The Hall–Kier alpha value is -3.52. The Bertz CT molecular complexity index is 1130. The predicted molar refractivity (Wildman–Crippen MR) is 128 cm³/mol. The molecule has 2 amide bonds. The maximum Gasteiger partial charge on any atom is 0.311 e. The maximum absolute atomic E-state index is 13.1. The summed E-state index contributed by atoms with van der Waals surface area (Å²) >= 11 is 6.13. The summed E-state index contributed by atoms with van der Waals surface area (Å²) in [4.78, 5) is 39.3. The summed E-state index contributed by atoms with van der Waals surface area (Å²) in [7, 11) is 1.50. The largest absolute Gasteiger partial charge is 0.495 e. The molecule has 1 heterocycles. The van der Waals surface area contributed by atoms with Gasteiger partial charge < -0.3 is 20.1 Å². The number of benzene rings is 2. The lowest BCUT2D eigenvalue weighted by Crippen LogP contribution is -2.37. The first-order chi connectivity index (χ1) is 15.7. The van der Waals surface area contributed by atoms with Gasteiger partial charge >= 0.3 is 5.97 Å². The molecule has 8 nitrogen and oxygen atoms in total. The van der Waals surface area contributed by atoms with E-state index in [-0.39, 0.29) is 19.6 Å². The van der Waals surface area contributed by atoms with Crippen molar-refractivity contribution in [2.24, 2.45) is 0 Å². The van der Waals surface area contributed by atoms with Crippen LogP contribution in [0.2, 0.25) is 5.02 Å². The Kier molecular flexibility index (Phi) is 7.60. The van der Waals surface area contributed by atoms with Crippen molar-refractivity contribution in [3.63, 3.8) is 0 Å². The Morgan fingerprint density at radius 1 is 1.15 bits per heavy atom. The standard InChI is InChI=1S/C24H26ClN3O5/c1-5-33-24(31)12-17-11-23(30)28(20-9-15(3)14(2)8-19(20)26-17)13-22(29)27-16-6-7-21(32-4)18(25)10-16/h6-11,26H,5,12-13H2,1-4H3,(H,27,29). The van der Waals surface area contributed by atoms with Crippen LogP contribution in [0.1, 0.15) is 24.5 Å². The molecule has 3 rings (SSSR count). The van der Waals surface area contributed by atoms with Gasteiger partial charge in [0, 0.05) is 17.5 Å². The molecule has 2 N–H and O–H groups in total. The number of rotatable bonds is 7. The number of nitrogens with one attached hydrogen (secondary N) is 2. The minimum Gasteiger partial charge on any atom is -0.495 e. The number of fused-ring (bicyclic) bond motifs is 1. The molecule has 0 saturated carbocycles. The number of ether oxygens (including phenoxy) is 2. The topological polar surface area (TPSA) is 97.0 Å². The number of carbonyl (C=O) groups excluding carboxylic acids is 3.